The average molecular weight is 332 g/mol. The molecule has 128 valence electrons. The van der Waals surface area contributed by atoms with Crippen LogP contribution in [0, 0.1) is 6.92 Å². The van der Waals surface area contributed by atoms with Crippen LogP contribution in [0.5, 0.6) is 0 Å². The second kappa shape index (κ2) is 7.63. The summed E-state index contributed by atoms with van der Waals surface area (Å²) in [5.41, 5.74) is 2.48. The van der Waals surface area contributed by atoms with Crippen LogP contribution in [-0.4, -0.2) is 49.9 Å². The van der Waals surface area contributed by atoms with E-state index in [0.29, 0.717) is 11.1 Å². The van der Waals surface area contributed by atoms with Crippen LogP contribution in [0.4, 0.5) is 0 Å². The van der Waals surface area contributed by atoms with Crippen LogP contribution in [0.2, 0.25) is 0 Å². The molecular formula is C17H20N2O5. The smallest absolute Gasteiger partial charge is 0.310 e. The van der Waals surface area contributed by atoms with Gasteiger partial charge in [0.2, 0.25) is 5.91 Å². The predicted molar refractivity (Wildman–Crippen MR) is 87.3 cm³/mol. The molecule has 0 saturated heterocycles. The minimum Gasteiger partial charge on any atom is -0.464 e. The molecular weight excluding hydrogens is 312 g/mol. The number of carbonyl (C=O) groups is 3. The summed E-state index contributed by atoms with van der Waals surface area (Å²) in [4.78, 5) is 36.1. The lowest BCUT2D eigenvalue weighted by Crippen LogP contribution is -2.39. The number of benzene rings is 1. The zero-order valence-electron chi connectivity index (χ0n) is 13.9. The fourth-order valence-electron chi connectivity index (χ4n) is 2.17. The Hall–Kier alpha value is -2.83. The maximum absolute atomic E-state index is 11.9. The molecule has 0 aliphatic carbocycles. The van der Waals surface area contributed by atoms with E-state index in [1.165, 1.54) is 25.3 Å². The molecule has 0 unspecified atom stereocenters. The van der Waals surface area contributed by atoms with Gasteiger partial charge in [-0.15, -0.1) is 0 Å². The van der Waals surface area contributed by atoms with Gasteiger partial charge >= 0.3 is 5.97 Å². The minimum absolute atomic E-state index is 0.0164. The van der Waals surface area contributed by atoms with Gasteiger partial charge in [-0.3, -0.25) is 14.4 Å². The summed E-state index contributed by atoms with van der Waals surface area (Å²) < 4.78 is 10.4. The molecule has 2 rings (SSSR count). The zero-order valence-corrected chi connectivity index (χ0v) is 13.9. The highest BCUT2D eigenvalue weighted by Crippen LogP contribution is 2.22. The van der Waals surface area contributed by atoms with Crippen molar-refractivity contribution in [2.75, 3.05) is 27.2 Å². The van der Waals surface area contributed by atoms with Crippen molar-refractivity contribution >= 4 is 28.8 Å². The molecule has 0 fully saturated rings. The molecule has 2 aromatic rings. The van der Waals surface area contributed by atoms with Crippen molar-refractivity contribution in [3.63, 3.8) is 0 Å². The molecule has 24 heavy (non-hydrogen) atoms. The summed E-state index contributed by atoms with van der Waals surface area (Å²) in [7, 11) is 2.95. The predicted octanol–water partition coefficient (Wildman–Crippen LogP) is 1.03. The Labute approximate surface area is 139 Å². The van der Waals surface area contributed by atoms with Crippen LogP contribution in [0.15, 0.2) is 28.9 Å². The number of likely N-dealkylation sites (N-methyl/N-ethyl adjacent to an activating group) is 2. The van der Waals surface area contributed by atoms with Crippen molar-refractivity contribution in [1.82, 2.24) is 10.2 Å². The van der Waals surface area contributed by atoms with Crippen molar-refractivity contribution in [2.24, 2.45) is 0 Å². The van der Waals surface area contributed by atoms with E-state index in [2.05, 4.69) is 5.32 Å². The quantitative estimate of drug-likeness (QED) is 0.798. The number of rotatable bonds is 6. The molecule has 1 aromatic heterocycles. The number of fused-ring (bicyclic) bond motifs is 1. The van der Waals surface area contributed by atoms with Crippen molar-refractivity contribution in [3.05, 3.63) is 35.6 Å². The van der Waals surface area contributed by atoms with Crippen LogP contribution in [0.3, 0.4) is 0 Å². The van der Waals surface area contributed by atoms with Gasteiger partial charge in [0.05, 0.1) is 19.2 Å². The summed E-state index contributed by atoms with van der Waals surface area (Å²) in [6.45, 7) is 1.47. The number of nitrogens with one attached hydrogen (secondary N) is 1. The molecule has 0 spiro atoms. The maximum Gasteiger partial charge on any atom is 0.310 e. The molecule has 1 aromatic carbocycles. The molecule has 1 heterocycles. The molecule has 1 N–H and O–H groups in total. The molecule has 2 amide bonds. The largest absolute Gasteiger partial charge is 0.464 e. The molecule has 0 atom stereocenters. The monoisotopic (exact) mass is 332 g/mol. The first kappa shape index (κ1) is 17.5. The van der Waals surface area contributed by atoms with Crippen molar-refractivity contribution < 1.29 is 23.5 Å². The van der Waals surface area contributed by atoms with Crippen LogP contribution in [0.25, 0.3) is 11.0 Å². The van der Waals surface area contributed by atoms with Crippen LogP contribution < -0.4 is 5.32 Å². The van der Waals surface area contributed by atoms with E-state index in [1.807, 2.05) is 25.1 Å². The lowest BCUT2D eigenvalue weighted by molar-refractivity contribution is -0.151. The standard InChI is InChI=1S/C17H20N2O5/c1-11-4-5-13-12(9-23-14(13)6-11)7-17(22)24-10-16(21)19(3)8-15(20)18-2/h4-6,9H,7-8,10H2,1-3H3,(H,18,20). The van der Waals surface area contributed by atoms with Crippen LogP contribution >= 0.6 is 0 Å². The molecule has 0 bridgehead atoms. The molecule has 0 aliphatic rings. The maximum atomic E-state index is 11.9. The van der Waals surface area contributed by atoms with E-state index in [1.54, 1.807) is 0 Å². The Morgan fingerprint density at radius 3 is 2.75 bits per heavy atom. The van der Waals surface area contributed by atoms with Crippen LogP contribution in [0.1, 0.15) is 11.1 Å². The van der Waals surface area contributed by atoms with E-state index in [4.69, 9.17) is 9.15 Å². The third-order valence-electron chi connectivity index (χ3n) is 3.59. The lowest BCUT2D eigenvalue weighted by atomic mass is 10.1. The first-order chi connectivity index (χ1) is 11.4. The van der Waals surface area contributed by atoms with E-state index >= 15 is 0 Å². The summed E-state index contributed by atoms with van der Waals surface area (Å²) in [6.07, 6.45) is 1.54. The molecule has 7 heteroatoms. The van der Waals surface area contributed by atoms with E-state index < -0.39 is 18.5 Å². The van der Waals surface area contributed by atoms with Gasteiger partial charge in [0.25, 0.3) is 5.91 Å². The fraction of sp³-hybridized carbons (Fsp3) is 0.353. The summed E-state index contributed by atoms with van der Waals surface area (Å²) in [6, 6.07) is 5.71. The van der Waals surface area contributed by atoms with Gasteiger partial charge in [0.1, 0.15) is 5.58 Å². The number of carbonyl (C=O) groups excluding carboxylic acids is 3. The van der Waals surface area contributed by atoms with Gasteiger partial charge in [-0.1, -0.05) is 12.1 Å². The van der Waals surface area contributed by atoms with E-state index in [-0.39, 0.29) is 18.9 Å². The average Bonchev–Trinajstić information content (AvgIpc) is 2.94. The third kappa shape index (κ3) is 4.34. The van der Waals surface area contributed by atoms with E-state index in [0.717, 1.165) is 10.9 Å². The number of aryl methyl sites for hydroxylation is 1. The topological polar surface area (TPSA) is 88.9 Å². The molecule has 0 radical (unpaired) electrons. The first-order valence-corrected chi connectivity index (χ1v) is 7.47. The van der Waals surface area contributed by atoms with Crippen molar-refractivity contribution in [3.8, 4) is 0 Å². The Balaban J connectivity index is 1.88. The highest BCUT2D eigenvalue weighted by molar-refractivity contribution is 5.88. The summed E-state index contributed by atoms with van der Waals surface area (Å²) in [5.74, 6) is -1.27. The minimum atomic E-state index is -0.528. The molecule has 7 nitrogen and oxygen atoms in total. The number of hydrogen-bond donors (Lipinski definition) is 1. The number of hydrogen-bond acceptors (Lipinski definition) is 5. The highest BCUT2D eigenvalue weighted by Gasteiger charge is 2.16. The lowest BCUT2D eigenvalue weighted by Gasteiger charge is -2.15. The Morgan fingerprint density at radius 1 is 1.29 bits per heavy atom. The van der Waals surface area contributed by atoms with Crippen molar-refractivity contribution in [2.45, 2.75) is 13.3 Å². The highest BCUT2D eigenvalue weighted by atomic mass is 16.5. The number of ether oxygens (including phenoxy) is 1. The van der Waals surface area contributed by atoms with Crippen molar-refractivity contribution in [1.29, 1.82) is 0 Å². The van der Waals surface area contributed by atoms with Gasteiger partial charge in [-0.2, -0.15) is 0 Å². The van der Waals surface area contributed by atoms with Gasteiger partial charge in [-0.05, 0) is 18.6 Å². The third-order valence-corrected chi connectivity index (χ3v) is 3.59. The Bertz CT molecular complexity index is 765. The Kier molecular flexibility index (Phi) is 5.57. The van der Waals surface area contributed by atoms with Gasteiger partial charge in [0.15, 0.2) is 6.61 Å². The number of amides is 2. The fourth-order valence-corrected chi connectivity index (χ4v) is 2.17. The second-order valence-electron chi connectivity index (χ2n) is 5.52. The normalized spacial score (nSPS) is 10.5. The number of nitrogens with zero attached hydrogens (tertiary/aromatic N) is 1. The molecule has 0 aliphatic heterocycles. The summed E-state index contributed by atoms with van der Waals surface area (Å²) >= 11 is 0. The van der Waals surface area contributed by atoms with E-state index in [9.17, 15) is 14.4 Å². The molecule has 0 saturated carbocycles. The number of esters is 1. The van der Waals surface area contributed by atoms with Gasteiger partial charge in [0, 0.05) is 25.0 Å². The Morgan fingerprint density at radius 2 is 2.04 bits per heavy atom. The first-order valence-electron chi connectivity index (χ1n) is 7.47. The van der Waals surface area contributed by atoms with Gasteiger partial charge < -0.3 is 19.4 Å². The van der Waals surface area contributed by atoms with Crippen LogP contribution in [-0.2, 0) is 25.5 Å². The summed E-state index contributed by atoms with van der Waals surface area (Å²) in [5, 5.41) is 3.26. The van der Waals surface area contributed by atoms with Gasteiger partial charge in [-0.25, -0.2) is 0 Å². The zero-order chi connectivity index (χ0) is 17.7. The number of furan rings is 1. The second-order valence-corrected chi connectivity index (χ2v) is 5.52. The SMILES string of the molecule is CNC(=O)CN(C)C(=O)COC(=O)Cc1coc2cc(C)ccc12.